The summed E-state index contributed by atoms with van der Waals surface area (Å²) in [5.41, 5.74) is 0. The van der Waals surface area contributed by atoms with Crippen LogP contribution in [-0.4, -0.2) is 43.6 Å². The van der Waals surface area contributed by atoms with Gasteiger partial charge in [0.05, 0.1) is 6.54 Å². The third-order valence-electron chi connectivity index (χ3n) is 3.07. The molecule has 0 spiro atoms. The molecule has 5 heteroatoms. The Morgan fingerprint density at radius 1 is 1.38 bits per heavy atom. The third kappa shape index (κ3) is 7.09. The Morgan fingerprint density at radius 2 is 2.10 bits per heavy atom. The van der Waals surface area contributed by atoms with Crippen molar-refractivity contribution in [3.63, 3.8) is 0 Å². The Morgan fingerprint density at radius 3 is 2.76 bits per heavy atom. The predicted octanol–water partition coefficient (Wildman–Crippen LogP) is 2.44. The van der Waals surface area contributed by atoms with Crippen molar-refractivity contribution in [3.8, 4) is 5.75 Å². The summed E-state index contributed by atoms with van der Waals surface area (Å²) in [5.74, 6) is -0.0802. The number of carbonyl (C=O) groups excluding carboxylic acids is 1. The summed E-state index contributed by atoms with van der Waals surface area (Å²) in [6.45, 7) is 5.73. The number of para-hydroxylation sites is 1. The van der Waals surface area contributed by atoms with Crippen molar-refractivity contribution in [1.29, 1.82) is 0 Å². The van der Waals surface area contributed by atoms with Gasteiger partial charge in [-0.1, -0.05) is 26.0 Å². The molecule has 1 amide bonds. The number of nitrogens with one attached hydrogen (secondary N) is 1. The molecule has 1 aromatic rings. The lowest BCUT2D eigenvalue weighted by Gasteiger charge is -2.18. The number of likely N-dealkylation sites (N-methyl/N-ethyl adjacent to an activating group) is 1. The Kier molecular flexibility index (Phi) is 7.75. The lowest BCUT2D eigenvalue weighted by Crippen LogP contribution is -2.32. The molecule has 0 heterocycles. The van der Waals surface area contributed by atoms with Crippen molar-refractivity contribution in [2.75, 3.05) is 26.7 Å². The average molecular weight is 296 g/mol. The zero-order valence-corrected chi connectivity index (χ0v) is 13.1. The summed E-state index contributed by atoms with van der Waals surface area (Å²) < 4.78 is 18.7. The van der Waals surface area contributed by atoms with Gasteiger partial charge in [0.25, 0.3) is 0 Å². The van der Waals surface area contributed by atoms with Gasteiger partial charge in [-0.25, -0.2) is 4.39 Å². The molecule has 1 aromatic carbocycles. The van der Waals surface area contributed by atoms with Crippen LogP contribution in [0.5, 0.6) is 5.75 Å². The van der Waals surface area contributed by atoms with E-state index in [-0.39, 0.29) is 24.1 Å². The van der Waals surface area contributed by atoms with E-state index < -0.39 is 0 Å². The molecule has 0 radical (unpaired) electrons. The van der Waals surface area contributed by atoms with Crippen molar-refractivity contribution in [1.82, 2.24) is 10.2 Å². The highest BCUT2D eigenvalue weighted by atomic mass is 19.1. The van der Waals surface area contributed by atoms with Crippen LogP contribution in [0.4, 0.5) is 4.39 Å². The van der Waals surface area contributed by atoms with Gasteiger partial charge in [-0.15, -0.1) is 0 Å². The van der Waals surface area contributed by atoms with E-state index in [2.05, 4.69) is 19.2 Å². The van der Waals surface area contributed by atoms with Crippen molar-refractivity contribution in [3.05, 3.63) is 30.1 Å². The van der Waals surface area contributed by atoms with Crippen LogP contribution in [-0.2, 0) is 4.79 Å². The predicted molar refractivity (Wildman–Crippen MR) is 81.9 cm³/mol. The summed E-state index contributed by atoms with van der Waals surface area (Å²) >= 11 is 0. The van der Waals surface area contributed by atoms with E-state index >= 15 is 0 Å². The first-order chi connectivity index (χ1) is 10.0. The Hall–Kier alpha value is -1.62. The molecule has 0 saturated carbocycles. The van der Waals surface area contributed by atoms with Gasteiger partial charge in [-0.05, 0) is 25.1 Å². The molecule has 0 bridgehead atoms. The van der Waals surface area contributed by atoms with Crippen molar-refractivity contribution in [2.24, 2.45) is 0 Å². The number of halogens is 1. The van der Waals surface area contributed by atoms with Gasteiger partial charge < -0.3 is 15.0 Å². The zero-order valence-electron chi connectivity index (χ0n) is 13.1. The van der Waals surface area contributed by atoms with Crippen LogP contribution < -0.4 is 10.1 Å². The monoisotopic (exact) mass is 296 g/mol. The largest absolute Gasteiger partial charge is 0.489 e. The van der Waals surface area contributed by atoms with E-state index in [4.69, 9.17) is 4.74 Å². The van der Waals surface area contributed by atoms with Gasteiger partial charge in [-0.2, -0.15) is 0 Å². The Balaban J connectivity index is 2.19. The molecule has 0 aliphatic rings. The normalized spacial score (nSPS) is 10.7. The molecule has 0 aliphatic heterocycles. The maximum Gasteiger partial charge on any atom is 0.222 e. The highest BCUT2D eigenvalue weighted by Gasteiger charge is 2.09. The maximum absolute atomic E-state index is 13.3. The number of hydrogen-bond donors (Lipinski definition) is 1. The fraction of sp³-hybridized carbons (Fsp3) is 0.562. The SMILES string of the molecule is CC(C)NCCCC(=O)N(C)CCOc1ccccc1F. The molecule has 0 aromatic heterocycles. The second-order valence-electron chi connectivity index (χ2n) is 5.31. The second kappa shape index (κ2) is 9.34. The fourth-order valence-corrected chi connectivity index (χ4v) is 1.80. The highest BCUT2D eigenvalue weighted by Crippen LogP contribution is 2.15. The third-order valence-corrected chi connectivity index (χ3v) is 3.07. The number of carbonyl (C=O) groups is 1. The van der Waals surface area contributed by atoms with Gasteiger partial charge in [0.2, 0.25) is 5.91 Å². The number of benzene rings is 1. The van der Waals surface area contributed by atoms with Crippen LogP contribution in [0.1, 0.15) is 26.7 Å². The molecule has 1 N–H and O–H groups in total. The van der Waals surface area contributed by atoms with Crippen molar-refractivity contribution >= 4 is 5.91 Å². The molecular weight excluding hydrogens is 271 g/mol. The molecule has 0 unspecified atom stereocenters. The minimum absolute atomic E-state index is 0.0812. The van der Waals surface area contributed by atoms with Crippen molar-refractivity contribution < 1.29 is 13.9 Å². The van der Waals surface area contributed by atoms with Gasteiger partial charge in [0.1, 0.15) is 6.61 Å². The quantitative estimate of drug-likeness (QED) is 0.712. The van der Waals surface area contributed by atoms with Crippen LogP contribution in [0.15, 0.2) is 24.3 Å². The van der Waals surface area contributed by atoms with Crippen LogP contribution in [0.25, 0.3) is 0 Å². The van der Waals surface area contributed by atoms with Gasteiger partial charge >= 0.3 is 0 Å². The zero-order chi connectivity index (χ0) is 15.7. The minimum atomic E-state index is -0.383. The second-order valence-corrected chi connectivity index (χ2v) is 5.31. The van der Waals surface area contributed by atoms with Crippen LogP contribution in [0.3, 0.4) is 0 Å². The number of nitrogens with zero attached hydrogens (tertiary/aromatic N) is 1. The summed E-state index contributed by atoms with van der Waals surface area (Å²) in [4.78, 5) is 13.5. The van der Waals surface area contributed by atoms with E-state index in [1.54, 1.807) is 30.1 Å². The van der Waals surface area contributed by atoms with E-state index in [0.29, 0.717) is 19.0 Å². The lowest BCUT2D eigenvalue weighted by atomic mass is 10.2. The van der Waals surface area contributed by atoms with Crippen LogP contribution in [0, 0.1) is 5.82 Å². The average Bonchev–Trinajstić information content (AvgIpc) is 2.45. The first-order valence-corrected chi connectivity index (χ1v) is 7.35. The van der Waals surface area contributed by atoms with Gasteiger partial charge in [0, 0.05) is 19.5 Å². The number of amides is 1. The van der Waals surface area contributed by atoms with E-state index in [9.17, 15) is 9.18 Å². The molecule has 0 fully saturated rings. The van der Waals surface area contributed by atoms with E-state index in [0.717, 1.165) is 13.0 Å². The topological polar surface area (TPSA) is 41.6 Å². The fourth-order valence-electron chi connectivity index (χ4n) is 1.80. The standard InChI is InChI=1S/C16H25FN2O2/c1-13(2)18-10-6-9-16(20)19(3)11-12-21-15-8-5-4-7-14(15)17/h4-5,7-8,13,18H,6,9-12H2,1-3H3. The van der Waals surface area contributed by atoms with Gasteiger partial charge in [0.15, 0.2) is 11.6 Å². The minimum Gasteiger partial charge on any atom is -0.489 e. The van der Waals surface area contributed by atoms with Gasteiger partial charge in [-0.3, -0.25) is 4.79 Å². The summed E-state index contributed by atoms with van der Waals surface area (Å²) in [6, 6.07) is 6.70. The maximum atomic E-state index is 13.3. The Labute approximate surface area is 126 Å². The molecule has 118 valence electrons. The Bertz CT molecular complexity index is 438. The number of rotatable bonds is 9. The van der Waals surface area contributed by atoms with E-state index in [1.165, 1.54) is 6.07 Å². The summed E-state index contributed by atoms with van der Waals surface area (Å²) in [7, 11) is 1.74. The summed E-state index contributed by atoms with van der Waals surface area (Å²) in [6.07, 6.45) is 1.32. The smallest absolute Gasteiger partial charge is 0.222 e. The van der Waals surface area contributed by atoms with E-state index in [1.807, 2.05) is 0 Å². The van der Waals surface area contributed by atoms with Crippen LogP contribution in [0.2, 0.25) is 0 Å². The molecule has 0 saturated heterocycles. The summed E-state index contributed by atoms with van der Waals surface area (Å²) in [5, 5.41) is 3.27. The number of hydrogen-bond acceptors (Lipinski definition) is 3. The molecule has 0 atom stereocenters. The number of ether oxygens (including phenoxy) is 1. The van der Waals surface area contributed by atoms with Crippen molar-refractivity contribution in [2.45, 2.75) is 32.7 Å². The molecule has 21 heavy (non-hydrogen) atoms. The van der Waals surface area contributed by atoms with Crippen LogP contribution >= 0.6 is 0 Å². The molecular formula is C16H25FN2O2. The first-order valence-electron chi connectivity index (χ1n) is 7.35. The lowest BCUT2D eigenvalue weighted by molar-refractivity contribution is -0.130. The molecule has 0 aliphatic carbocycles. The molecule has 1 rings (SSSR count). The highest BCUT2D eigenvalue weighted by molar-refractivity contribution is 5.75. The molecule has 4 nitrogen and oxygen atoms in total. The first kappa shape index (κ1) is 17.4.